The average molecular weight is 142 g/mol. The fourth-order valence-corrected chi connectivity index (χ4v) is 0.938. The summed E-state index contributed by atoms with van der Waals surface area (Å²) in [6.07, 6.45) is 3.32. The molecule has 0 saturated heterocycles. The molecule has 0 bridgehead atoms. The molecule has 0 N–H and O–H groups in total. The highest BCUT2D eigenvalue weighted by atomic mass is 32.2. The van der Waals surface area contributed by atoms with Crippen LogP contribution in [0, 0.1) is 0 Å². The van der Waals surface area contributed by atoms with Gasteiger partial charge in [-0.1, -0.05) is 12.7 Å². The van der Waals surface area contributed by atoms with Crippen LogP contribution < -0.4 is 0 Å². The molecule has 0 rings (SSSR count). The molecule has 0 heterocycles. The Hall–Kier alpha value is -0.500. The first-order valence-electron chi connectivity index (χ1n) is 2.71. The molecule has 9 heavy (non-hydrogen) atoms. The van der Waals surface area contributed by atoms with Crippen LogP contribution in [0.15, 0.2) is 23.0 Å². The molecule has 0 spiro atoms. The lowest BCUT2D eigenvalue weighted by Crippen LogP contribution is -1.75. The number of carbonyl (C=O) groups excluding carboxylic acids is 1. The molecule has 2 heteroatoms. The second kappa shape index (κ2) is 5.63. The number of aldehydes is 1. The largest absolute Gasteiger partial charge is 0.303 e. The van der Waals surface area contributed by atoms with E-state index in [9.17, 15) is 4.79 Å². The molecule has 0 aliphatic heterocycles. The molecule has 1 nitrogen and oxygen atoms in total. The molecule has 0 fully saturated rings. The monoisotopic (exact) mass is 142 g/mol. The van der Waals surface area contributed by atoms with Crippen LogP contribution in [-0.2, 0) is 4.79 Å². The second-order valence-corrected chi connectivity index (χ2v) is 2.50. The predicted octanol–water partition coefficient (Wildman–Crippen LogP) is 2.36. The van der Waals surface area contributed by atoms with Crippen LogP contribution in [0.4, 0.5) is 0 Å². The van der Waals surface area contributed by atoms with Crippen molar-refractivity contribution in [2.45, 2.75) is 13.3 Å². The van der Waals surface area contributed by atoms with E-state index in [1.807, 2.05) is 13.0 Å². The van der Waals surface area contributed by atoms with E-state index >= 15 is 0 Å². The first-order chi connectivity index (χ1) is 4.35. The molecule has 0 unspecified atom stereocenters. The molecule has 0 aromatic carbocycles. The van der Waals surface area contributed by atoms with Crippen molar-refractivity contribution in [3.8, 4) is 0 Å². The molecule has 0 radical (unpaired) electrons. The SMILES string of the molecule is C=CS/C(=C\C)CC=O. The number of carbonyl (C=O) groups is 1. The van der Waals surface area contributed by atoms with Gasteiger partial charge in [0.25, 0.3) is 0 Å². The normalized spacial score (nSPS) is 11.0. The van der Waals surface area contributed by atoms with Gasteiger partial charge in [-0.05, 0) is 17.2 Å². The summed E-state index contributed by atoms with van der Waals surface area (Å²) in [5, 5.41) is 1.72. The van der Waals surface area contributed by atoms with Gasteiger partial charge >= 0.3 is 0 Å². The number of rotatable bonds is 4. The molecule has 50 valence electrons. The lowest BCUT2D eigenvalue weighted by atomic mass is 10.4. The van der Waals surface area contributed by atoms with E-state index in [-0.39, 0.29) is 0 Å². The summed E-state index contributed by atoms with van der Waals surface area (Å²) < 4.78 is 0. The van der Waals surface area contributed by atoms with E-state index in [4.69, 9.17) is 0 Å². The summed E-state index contributed by atoms with van der Waals surface area (Å²) in [6, 6.07) is 0. The fraction of sp³-hybridized carbons (Fsp3) is 0.286. The van der Waals surface area contributed by atoms with Crippen molar-refractivity contribution in [2.75, 3.05) is 0 Å². The Morgan fingerprint density at radius 2 is 2.44 bits per heavy atom. The zero-order valence-electron chi connectivity index (χ0n) is 5.46. The van der Waals surface area contributed by atoms with Gasteiger partial charge in [0.2, 0.25) is 0 Å². The zero-order chi connectivity index (χ0) is 7.11. The Labute approximate surface area is 59.8 Å². The highest BCUT2D eigenvalue weighted by molar-refractivity contribution is 8.05. The molecule has 0 atom stereocenters. The lowest BCUT2D eigenvalue weighted by molar-refractivity contribution is -0.107. The maximum Gasteiger partial charge on any atom is 0.124 e. The number of hydrogen-bond donors (Lipinski definition) is 0. The minimum Gasteiger partial charge on any atom is -0.303 e. The van der Waals surface area contributed by atoms with Crippen LogP contribution in [0.2, 0.25) is 0 Å². The zero-order valence-corrected chi connectivity index (χ0v) is 6.28. The summed E-state index contributed by atoms with van der Waals surface area (Å²) in [5.41, 5.74) is 0. The molecule has 0 aromatic heterocycles. The summed E-state index contributed by atoms with van der Waals surface area (Å²) in [6.45, 7) is 5.45. The lowest BCUT2D eigenvalue weighted by Gasteiger charge is -1.93. The van der Waals surface area contributed by atoms with Crippen molar-refractivity contribution < 1.29 is 4.79 Å². The van der Waals surface area contributed by atoms with Gasteiger partial charge in [-0.25, -0.2) is 0 Å². The third-order valence-corrected chi connectivity index (χ3v) is 1.71. The highest BCUT2D eigenvalue weighted by Gasteiger charge is 1.89. The van der Waals surface area contributed by atoms with Gasteiger partial charge in [0.1, 0.15) is 6.29 Å². The van der Waals surface area contributed by atoms with Crippen molar-refractivity contribution >= 4 is 18.0 Å². The standard InChI is InChI=1S/C7H10OS/c1-3-7(5-6-8)9-4-2/h3-4,6H,2,5H2,1H3/b7-3-. The third-order valence-electron chi connectivity index (χ3n) is 0.841. The third kappa shape index (κ3) is 4.03. The molecule has 0 aromatic rings. The molecule has 0 aliphatic rings. The van der Waals surface area contributed by atoms with Gasteiger partial charge in [-0.2, -0.15) is 0 Å². The van der Waals surface area contributed by atoms with Gasteiger partial charge < -0.3 is 4.79 Å². The van der Waals surface area contributed by atoms with Gasteiger partial charge in [0, 0.05) is 6.42 Å². The quantitative estimate of drug-likeness (QED) is 0.560. The molecule has 0 saturated carbocycles. The summed E-state index contributed by atoms with van der Waals surface area (Å²) in [5.74, 6) is 0. The fourth-order valence-electron chi connectivity index (χ4n) is 0.423. The van der Waals surface area contributed by atoms with Gasteiger partial charge in [0.05, 0.1) is 0 Å². The Kier molecular flexibility index (Phi) is 5.32. The highest BCUT2D eigenvalue weighted by Crippen LogP contribution is 2.17. The van der Waals surface area contributed by atoms with Crippen LogP contribution in [-0.4, -0.2) is 6.29 Å². The van der Waals surface area contributed by atoms with Crippen LogP contribution in [0.3, 0.4) is 0 Å². The summed E-state index contributed by atoms with van der Waals surface area (Å²) in [4.78, 5) is 11.0. The molecule has 0 amide bonds. The first-order valence-corrected chi connectivity index (χ1v) is 3.59. The van der Waals surface area contributed by atoms with Crippen LogP contribution in [0.25, 0.3) is 0 Å². The molecule has 0 aliphatic carbocycles. The van der Waals surface area contributed by atoms with E-state index in [0.29, 0.717) is 6.42 Å². The van der Waals surface area contributed by atoms with Crippen molar-refractivity contribution in [3.63, 3.8) is 0 Å². The van der Waals surface area contributed by atoms with Crippen LogP contribution in [0.5, 0.6) is 0 Å². The minimum atomic E-state index is 0.507. The average Bonchev–Trinajstić information content (AvgIpc) is 1.88. The van der Waals surface area contributed by atoms with Crippen molar-refractivity contribution in [1.82, 2.24) is 0 Å². The number of thioether (sulfide) groups is 1. The van der Waals surface area contributed by atoms with E-state index in [2.05, 4.69) is 6.58 Å². The minimum absolute atomic E-state index is 0.507. The van der Waals surface area contributed by atoms with E-state index in [0.717, 1.165) is 11.2 Å². The van der Waals surface area contributed by atoms with Gasteiger partial charge in [-0.15, -0.1) is 11.8 Å². The topological polar surface area (TPSA) is 17.1 Å². The predicted molar refractivity (Wildman–Crippen MR) is 42.2 cm³/mol. The van der Waals surface area contributed by atoms with Gasteiger partial charge in [-0.3, -0.25) is 0 Å². The summed E-state index contributed by atoms with van der Waals surface area (Å²) in [7, 11) is 0. The Morgan fingerprint density at radius 3 is 2.78 bits per heavy atom. The van der Waals surface area contributed by atoms with Crippen LogP contribution >= 0.6 is 11.8 Å². The Morgan fingerprint density at radius 1 is 1.78 bits per heavy atom. The van der Waals surface area contributed by atoms with Crippen molar-refractivity contribution in [1.29, 1.82) is 0 Å². The van der Waals surface area contributed by atoms with E-state index in [1.54, 1.807) is 5.41 Å². The number of allylic oxidation sites excluding steroid dienone is 2. The first kappa shape index (κ1) is 8.50. The van der Waals surface area contributed by atoms with E-state index in [1.165, 1.54) is 11.8 Å². The Balaban J connectivity index is 3.68. The molecular formula is C7H10OS. The Bertz CT molecular complexity index is 115. The van der Waals surface area contributed by atoms with Crippen molar-refractivity contribution in [2.24, 2.45) is 0 Å². The molecular weight excluding hydrogens is 132 g/mol. The van der Waals surface area contributed by atoms with Gasteiger partial charge in [0.15, 0.2) is 0 Å². The summed E-state index contributed by atoms with van der Waals surface area (Å²) >= 11 is 1.49. The van der Waals surface area contributed by atoms with Crippen molar-refractivity contribution in [3.05, 3.63) is 23.0 Å². The second-order valence-electron chi connectivity index (χ2n) is 1.41. The van der Waals surface area contributed by atoms with Crippen LogP contribution in [0.1, 0.15) is 13.3 Å². The smallest absolute Gasteiger partial charge is 0.124 e. The number of hydrogen-bond acceptors (Lipinski definition) is 2. The maximum absolute atomic E-state index is 9.96. The maximum atomic E-state index is 9.96. The van der Waals surface area contributed by atoms with E-state index < -0.39 is 0 Å².